The lowest BCUT2D eigenvalue weighted by molar-refractivity contribution is 0.440. The van der Waals surface area contributed by atoms with Crippen LogP contribution < -0.4 is 9.32 Å². The zero-order chi connectivity index (χ0) is 16.0. The van der Waals surface area contributed by atoms with Gasteiger partial charge in [-0.2, -0.15) is 26.4 Å². The first kappa shape index (κ1) is 15.4. The third-order valence-corrected chi connectivity index (χ3v) is 5.69. The second-order valence-corrected chi connectivity index (χ2v) is 8.25. The summed E-state index contributed by atoms with van der Waals surface area (Å²) in [4.78, 5) is -0.0192. The standard InChI is InChI=1S/C13H16N2O5S2/c14-22(18,19)20-10-6-7-11-12(8-10)21(16,17)15-13(11)9-4-2-1-3-5-9/h6-9H,1-5H2,(H2,14,18,19). The van der Waals surface area contributed by atoms with Gasteiger partial charge in [-0.1, -0.05) is 19.3 Å². The molecule has 1 saturated carbocycles. The topological polar surface area (TPSA) is 116 Å². The van der Waals surface area contributed by atoms with Crippen LogP contribution in [0.2, 0.25) is 0 Å². The normalized spacial score (nSPS) is 21.2. The Morgan fingerprint density at radius 1 is 1.18 bits per heavy atom. The van der Waals surface area contributed by atoms with Crippen LogP contribution in [0.15, 0.2) is 27.5 Å². The van der Waals surface area contributed by atoms with E-state index in [0.717, 1.165) is 38.2 Å². The SMILES string of the molecule is NS(=O)(=O)Oc1ccc2c(c1)S(=O)(=O)N=C2C1CCCCC1. The molecule has 2 N–H and O–H groups in total. The molecule has 0 spiro atoms. The second kappa shape index (κ2) is 5.32. The molecule has 0 bridgehead atoms. The van der Waals surface area contributed by atoms with Crippen molar-refractivity contribution in [3.8, 4) is 5.75 Å². The molecular weight excluding hydrogens is 328 g/mol. The highest BCUT2D eigenvalue weighted by atomic mass is 32.2. The molecule has 0 amide bonds. The molecule has 1 fully saturated rings. The molecule has 1 aliphatic heterocycles. The summed E-state index contributed by atoms with van der Waals surface area (Å²) in [5.74, 6) is -0.000274. The van der Waals surface area contributed by atoms with E-state index in [4.69, 9.17) is 5.14 Å². The number of benzene rings is 1. The summed E-state index contributed by atoms with van der Waals surface area (Å²) in [5, 5.41) is 4.80. The first-order chi connectivity index (χ1) is 10.3. The van der Waals surface area contributed by atoms with Gasteiger partial charge in [0, 0.05) is 17.5 Å². The van der Waals surface area contributed by atoms with Gasteiger partial charge in [-0.15, -0.1) is 0 Å². The number of fused-ring (bicyclic) bond motifs is 1. The summed E-state index contributed by atoms with van der Waals surface area (Å²) < 4.78 is 54.7. The van der Waals surface area contributed by atoms with Crippen molar-refractivity contribution in [2.75, 3.05) is 0 Å². The zero-order valence-electron chi connectivity index (χ0n) is 11.7. The van der Waals surface area contributed by atoms with E-state index in [1.165, 1.54) is 12.1 Å². The molecule has 22 heavy (non-hydrogen) atoms. The van der Waals surface area contributed by atoms with Crippen LogP contribution in [0.4, 0.5) is 0 Å². The Balaban J connectivity index is 2.01. The number of hydrogen-bond donors (Lipinski definition) is 1. The van der Waals surface area contributed by atoms with Crippen LogP contribution in [-0.2, 0) is 20.3 Å². The molecular formula is C13H16N2O5S2. The molecule has 0 aromatic heterocycles. The summed E-state index contributed by atoms with van der Waals surface area (Å²) in [6, 6.07) is 4.09. The van der Waals surface area contributed by atoms with E-state index in [2.05, 4.69) is 8.58 Å². The van der Waals surface area contributed by atoms with Gasteiger partial charge < -0.3 is 4.18 Å². The minimum atomic E-state index is -4.20. The minimum absolute atomic E-state index is 0.0192. The van der Waals surface area contributed by atoms with Crippen molar-refractivity contribution < 1.29 is 21.0 Å². The zero-order valence-corrected chi connectivity index (χ0v) is 13.4. The van der Waals surface area contributed by atoms with Crippen LogP contribution in [0, 0.1) is 5.92 Å². The fourth-order valence-electron chi connectivity index (χ4n) is 3.01. The predicted octanol–water partition coefficient (Wildman–Crippen LogP) is 1.34. The lowest BCUT2D eigenvalue weighted by Crippen LogP contribution is -2.19. The minimum Gasteiger partial charge on any atom is -0.371 e. The Labute approximate surface area is 129 Å². The maximum absolute atomic E-state index is 12.2. The van der Waals surface area contributed by atoms with Crippen LogP contribution >= 0.6 is 0 Å². The molecule has 120 valence electrons. The number of rotatable bonds is 3. The van der Waals surface area contributed by atoms with Crippen molar-refractivity contribution in [3.05, 3.63) is 23.8 Å². The van der Waals surface area contributed by atoms with E-state index in [0.29, 0.717) is 11.3 Å². The van der Waals surface area contributed by atoms with Gasteiger partial charge in [0.2, 0.25) is 0 Å². The predicted molar refractivity (Wildman–Crippen MR) is 80.5 cm³/mol. The highest BCUT2D eigenvalue weighted by Crippen LogP contribution is 2.36. The van der Waals surface area contributed by atoms with Crippen molar-refractivity contribution in [3.63, 3.8) is 0 Å². The van der Waals surface area contributed by atoms with Gasteiger partial charge in [0.15, 0.2) is 0 Å². The number of sulfonamides is 1. The van der Waals surface area contributed by atoms with Gasteiger partial charge >= 0.3 is 10.3 Å². The third-order valence-electron chi connectivity index (χ3n) is 3.93. The van der Waals surface area contributed by atoms with Crippen LogP contribution in [0.1, 0.15) is 37.7 Å². The number of nitrogens with zero attached hydrogens (tertiary/aromatic N) is 1. The van der Waals surface area contributed by atoms with Crippen molar-refractivity contribution in [2.45, 2.75) is 37.0 Å². The van der Waals surface area contributed by atoms with Crippen molar-refractivity contribution >= 4 is 26.0 Å². The number of hydrogen-bond acceptors (Lipinski definition) is 5. The Hall–Kier alpha value is -1.45. The van der Waals surface area contributed by atoms with Crippen LogP contribution in [0.3, 0.4) is 0 Å². The summed E-state index contributed by atoms with van der Waals surface area (Å²) in [6.45, 7) is 0. The highest BCUT2D eigenvalue weighted by molar-refractivity contribution is 7.90. The van der Waals surface area contributed by atoms with Crippen molar-refractivity contribution in [1.82, 2.24) is 0 Å². The van der Waals surface area contributed by atoms with E-state index in [1.807, 2.05) is 0 Å². The van der Waals surface area contributed by atoms with Crippen molar-refractivity contribution in [2.24, 2.45) is 15.5 Å². The van der Waals surface area contributed by atoms with E-state index in [1.54, 1.807) is 0 Å². The fraction of sp³-hybridized carbons (Fsp3) is 0.462. The Morgan fingerprint density at radius 2 is 1.86 bits per heavy atom. The van der Waals surface area contributed by atoms with E-state index >= 15 is 0 Å². The summed E-state index contributed by atoms with van der Waals surface area (Å²) >= 11 is 0. The lowest BCUT2D eigenvalue weighted by Gasteiger charge is -2.21. The average Bonchev–Trinajstić information content (AvgIpc) is 2.70. The molecule has 0 atom stereocenters. The van der Waals surface area contributed by atoms with Gasteiger partial charge in [0.05, 0.1) is 5.71 Å². The van der Waals surface area contributed by atoms with Gasteiger partial charge in [-0.05, 0) is 25.0 Å². The molecule has 0 saturated heterocycles. The largest absolute Gasteiger partial charge is 0.380 e. The molecule has 1 aromatic rings. The molecule has 0 unspecified atom stereocenters. The molecule has 2 aliphatic rings. The van der Waals surface area contributed by atoms with Crippen molar-refractivity contribution in [1.29, 1.82) is 0 Å². The highest BCUT2D eigenvalue weighted by Gasteiger charge is 2.34. The Morgan fingerprint density at radius 3 is 2.50 bits per heavy atom. The number of nitrogens with two attached hydrogens (primary N) is 1. The maximum Gasteiger partial charge on any atom is 0.380 e. The Bertz CT molecular complexity index is 837. The fourth-order valence-corrected chi connectivity index (χ4v) is 4.70. The molecule has 7 nitrogen and oxygen atoms in total. The van der Waals surface area contributed by atoms with Gasteiger partial charge in [-0.3, -0.25) is 0 Å². The van der Waals surface area contributed by atoms with Crippen LogP contribution in [0.5, 0.6) is 5.75 Å². The molecule has 9 heteroatoms. The summed E-state index contributed by atoms with van der Waals surface area (Å²) in [5.41, 5.74) is 1.12. The van der Waals surface area contributed by atoms with Gasteiger partial charge in [-0.25, -0.2) is 0 Å². The molecule has 1 aromatic carbocycles. The first-order valence-corrected chi connectivity index (χ1v) is 9.89. The monoisotopic (exact) mass is 344 g/mol. The quantitative estimate of drug-likeness (QED) is 0.888. The summed E-state index contributed by atoms with van der Waals surface area (Å²) in [6.07, 6.45) is 5.12. The van der Waals surface area contributed by atoms with Gasteiger partial charge in [0.1, 0.15) is 10.6 Å². The smallest absolute Gasteiger partial charge is 0.371 e. The molecule has 1 aliphatic carbocycles. The van der Waals surface area contributed by atoms with E-state index in [-0.39, 0.29) is 16.6 Å². The maximum atomic E-state index is 12.2. The molecule has 3 rings (SSSR count). The van der Waals surface area contributed by atoms with Crippen LogP contribution in [0.25, 0.3) is 0 Å². The van der Waals surface area contributed by atoms with E-state index < -0.39 is 20.3 Å². The van der Waals surface area contributed by atoms with Crippen LogP contribution in [-0.4, -0.2) is 22.5 Å². The molecule has 1 heterocycles. The van der Waals surface area contributed by atoms with Gasteiger partial charge in [0.25, 0.3) is 10.0 Å². The first-order valence-electron chi connectivity index (χ1n) is 6.98. The molecule has 0 radical (unpaired) electrons. The lowest BCUT2D eigenvalue weighted by atomic mass is 9.83. The Kier molecular flexibility index (Phi) is 3.74. The average molecular weight is 344 g/mol. The third kappa shape index (κ3) is 3.01. The summed E-state index contributed by atoms with van der Waals surface area (Å²) in [7, 11) is -8.01. The second-order valence-electron chi connectivity index (χ2n) is 5.52. The van der Waals surface area contributed by atoms with E-state index in [9.17, 15) is 16.8 Å².